The van der Waals surface area contributed by atoms with Crippen LogP contribution < -0.4 is 0 Å². The molecule has 0 unspecified atom stereocenters. The van der Waals surface area contributed by atoms with E-state index in [1.807, 2.05) is 42.5 Å². The van der Waals surface area contributed by atoms with Gasteiger partial charge in [-0.1, -0.05) is 56.3 Å². The molecule has 0 radical (unpaired) electrons. The molecule has 3 rings (SSSR count). The average molecular weight is 359 g/mol. The fourth-order valence-electron chi connectivity index (χ4n) is 2.91. The molecule has 0 atom stereocenters. The van der Waals surface area contributed by atoms with Gasteiger partial charge in [-0.3, -0.25) is 0 Å². The van der Waals surface area contributed by atoms with Crippen LogP contribution in [0.4, 0.5) is 0 Å². The first-order chi connectivity index (χ1) is 11.9. The van der Waals surface area contributed by atoms with E-state index in [-0.39, 0.29) is 6.10 Å². The summed E-state index contributed by atoms with van der Waals surface area (Å²) in [6.07, 6.45) is 0.926. The van der Waals surface area contributed by atoms with Crippen LogP contribution in [-0.4, -0.2) is 31.9 Å². The molecule has 0 bridgehead atoms. The van der Waals surface area contributed by atoms with Crippen LogP contribution >= 0.6 is 0 Å². The number of rotatable bonds is 7. The molecule has 0 amide bonds. The van der Waals surface area contributed by atoms with Crippen LogP contribution in [0.5, 0.6) is 0 Å². The zero-order chi connectivity index (χ0) is 17.9. The van der Waals surface area contributed by atoms with Crippen LogP contribution in [0, 0.1) is 5.92 Å². The summed E-state index contributed by atoms with van der Waals surface area (Å²) in [7, 11) is -3.41. The van der Waals surface area contributed by atoms with Crippen LogP contribution in [0.25, 0.3) is 0 Å². The zero-order valence-corrected chi connectivity index (χ0v) is 15.6. The molecule has 134 valence electrons. The Bertz CT molecular complexity index is 779. The molecule has 1 heterocycles. The van der Waals surface area contributed by atoms with Gasteiger partial charge in [-0.2, -0.15) is 4.31 Å². The molecule has 1 aliphatic rings. The Morgan fingerprint density at radius 3 is 2.24 bits per heavy atom. The maximum atomic E-state index is 12.6. The number of sulfonamides is 1. The molecule has 0 spiro atoms. The van der Waals surface area contributed by atoms with Crippen molar-refractivity contribution in [3.8, 4) is 0 Å². The Labute approximate surface area is 150 Å². The van der Waals surface area contributed by atoms with Crippen LogP contribution in [-0.2, 0) is 27.8 Å². The van der Waals surface area contributed by atoms with Crippen molar-refractivity contribution in [2.45, 2.75) is 37.9 Å². The number of hydrogen-bond acceptors (Lipinski definition) is 3. The van der Waals surface area contributed by atoms with E-state index in [1.165, 1.54) is 9.87 Å². The van der Waals surface area contributed by atoms with E-state index >= 15 is 0 Å². The maximum absolute atomic E-state index is 12.6. The lowest BCUT2D eigenvalue weighted by Crippen LogP contribution is -2.54. The molecule has 0 N–H and O–H groups in total. The monoisotopic (exact) mass is 359 g/mol. The fraction of sp³-hybridized carbons (Fsp3) is 0.400. The van der Waals surface area contributed by atoms with Crippen molar-refractivity contribution in [3.63, 3.8) is 0 Å². The molecule has 1 saturated heterocycles. The minimum absolute atomic E-state index is 0.0322. The smallest absolute Gasteiger partial charge is 0.243 e. The zero-order valence-electron chi connectivity index (χ0n) is 14.8. The van der Waals surface area contributed by atoms with Gasteiger partial charge in [0.1, 0.15) is 0 Å². The fourth-order valence-corrected chi connectivity index (χ4v) is 4.41. The van der Waals surface area contributed by atoms with Gasteiger partial charge in [-0.25, -0.2) is 8.42 Å². The van der Waals surface area contributed by atoms with Crippen LogP contribution in [0.15, 0.2) is 59.5 Å². The van der Waals surface area contributed by atoms with Gasteiger partial charge in [-0.15, -0.1) is 0 Å². The summed E-state index contributed by atoms with van der Waals surface area (Å²) in [6, 6.07) is 17.2. The Kier molecular flexibility index (Phi) is 5.57. The number of ether oxygens (including phenoxy) is 1. The molecule has 2 aromatic carbocycles. The second kappa shape index (κ2) is 7.68. The highest BCUT2D eigenvalue weighted by atomic mass is 32.2. The van der Waals surface area contributed by atoms with Crippen LogP contribution in [0.2, 0.25) is 0 Å². The number of hydrogen-bond donors (Lipinski definition) is 0. The molecule has 0 saturated carbocycles. The summed E-state index contributed by atoms with van der Waals surface area (Å²) < 4.78 is 32.5. The summed E-state index contributed by atoms with van der Waals surface area (Å²) in [4.78, 5) is 0.363. The third-order valence-corrected chi connectivity index (χ3v) is 6.19. The highest BCUT2D eigenvalue weighted by molar-refractivity contribution is 7.89. The molecule has 4 nitrogen and oxygen atoms in total. The first-order valence-electron chi connectivity index (χ1n) is 8.70. The average Bonchev–Trinajstić information content (AvgIpc) is 2.54. The Morgan fingerprint density at radius 1 is 1.00 bits per heavy atom. The molecule has 0 aliphatic carbocycles. The Morgan fingerprint density at radius 2 is 1.64 bits per heavy atom. The lowest BCUT2D eigenvalue weighted by molar-refractivity contribution is -0.0295. The summed E-state index contributed by atoms with van der Waals surface area (Å²) in [5.74, 6) is 0.556. The molecule has 5 heteroatoms. The largest absolute Gasteiger partial charge is 0.371 e. The molecular weight excluding hydrogens is 334 g/mol. The molecule has 2 aromatic rings. The van der Waals surface area contributed by atoms with Crippen LogP contribution in [0.1, 0.15) is 25.0 Å². The molecular formula is C20H25NO3S. The summed E-state index contributed by atoms with van der Waals surface area (Å²) >= 11 is 0. The molecule has 25 heavy (non-hydrogen) atoms. The SMILES string of the molecule is CC(C)Cc1ccc(S(=O)(=O)N2CC(OCc3ccccc3)C2)cc1. The van der Waals surface area contributed by atoms with E-state index in [0.29, 0.717) is 30.5 Å². The number of benzene rings is 2. The van der Waals surface area contributed by atoms with E-state index < -0.39 is 10.0 Å². The third kappa shape index (κ3) is 4.48. The predicted molar refractivity (Wildman–Crippen MR) is 98.8 cm³/mol. The van der Waals surface area contributed by atoms with Gasteiger partial charge in [0.2, 0.25) is 10.0 Å². The first-order valence-corrected chi connectivity index (χ1v) is 10.1. The summed E-state index contributed by atoms with van der Waals surface area (Å²) in [6.45, 7) is 5.66. The lowest BCUT2D eigenvalue weighted by Gasteiger charge is -2.37. The highest BCUT2D eigenvalue weighted by Gasteiger charge is 2.37. The van der Waals surface area contributed by atoms with E-state index in [1.54, 1.807) is 12.1 Å². The van der Waals surface area contributed by atoms with Crippen molar-refractivity contribution in [3.05, 3.63) is 65.7 Å². The second-order valence-corrected chi connectivity index (χ2v) is 8.92. The van der Waals surface area contributed by atoms with Gasteiger partial charge >= 0.3 is 0 Å². The van der Waals surface area contributed by atoms with Crippen LogP contribution in [0.3, 0.4) is 0 Å². The second-order valence-electron chi connectivity index (χ2n) is 6.98. The molecule has 0 aromatic heterocycles. The molecule has 1 aliphatic heterocycles. The van der Waals surface area contributed by atoms with E-state index in [4.69, 9.17) is 4.74 Å². The lowest BCUT2D eigenvalue weighted by atomic mass is 10.0. The summed E-state index contributed by atoms with van der Waals surface area (Å²) in [5, 5.41) is 0. The molecule has 1 fully saturated rings. The van der Waals surface area contributed by atoms with Crippen molar-refractivity contribution in [1.82, 2.24) is 4.31 Å². The van der Waals surface area contributed by atoms with Gasteiger partial charge in [0.25, 0.3) is 0 Å². The van der Waals surface area contributed by atoms with Crippen molar-refractivity contribution in [2.75, 3.05) is 13.1 Å². The summed E-state index contributed by atoms with van der Waals surface area (Å²) in [5.41, 5.74) is 2.27. The van der Waals surface area contributed by atoms with E-state index in [9.17, 15) is 8.42 Å². The first kappa shape index (κ1) is 18.1. The van der Waals surface area contributed by atoms with Crippen molar-refractivity contribution >= 4 is 10.0 Å². The van der Waals surface area contributed by atoms with E-state index in [2.05, 4.69) is 13.8 Å². The maximum Gasteiger partial charge on any atom is 0.243 e. The predicted octanol–water partition coefficient (Wildman–Crippen LogP) is 3.47. The number of nitrogens with zero attached hydrogens (tertiary/aromatic N) is 1. The Hall–Kier alpha value is -1.69. The standard InChI is InChI=1S/C20H25NO3S/c1-16(2)12-17-8-10-20(11-9-17)25(22,23)21-13-19(14-21)24-15-18-6-4-3-5-7-18/h3-11,16,19H,12-15H2,1-2H3. The van der Waals surface area contributed by atoms with Gasteiger partial charge in [0.15, 0.2) is 0 Å². The highest BCUT2D eigenvalue weighted by Crippen LogP contribution is 2.24. The quantitative estimate of drug-likeness (QED) is 0.760. The van der Waals surface area contributed by atoms with Crippen molar-refractivity contribution in [1.29, 1.82) is 0 Å². The van der Waals surface area contributed by atoms with Gasteiger partial charge < -0.3 is 4.74 Å². The Balaban J connectivity index is 1.54. The van der Waals surface area contributed by atoms with Gasteiger partial charge in [0.05, 0.1) is 17.6 Å². The normalized spacial score (nSPS) is 16.1. The van der Waals surface area contributed by atoms with Gasteiger partial charge in [0, 0.05) is 13.1 Å². The minimum Gasteiger partial charge on any atom is -0.371 e. The third-order valence-electron chi connectivity index (χ3n) is 4.35. The van der Waals surface area contributed by atoms with Crippen molar-refractivity contribution in [2.24, 2.45) is 5.92 Å². The minimum atomic E-state index is -3.41. The van der Waals surface area contributed by atoms with E-state index in [0.717, 1.165) is 12.0 Å². The topological polar surface area (TPSA) is 46.6 Å². The van der Waals surface area contributed by atoms with Gasteiger partial charge in [-0.05, 0) is 35.6 Å². The van der Waals surface area contributed by atoms with Crippen molar-refractivity contribution < 1.29 is 13.2 Å².